The van der Waals surface area contributed by atoms with E-state index in [0.29, 0.717) is 0 Å². The molecule has 0 bridgehead atoms. The van der Waals surface area contributed by atoms with Gasteiger partial charge in [-0.15, -0.1) is 0 Å². The quantitative estimate of drug-likeness (QED) is 0.742. The SMILES string of the molecule is Cc1cncc(COc2cccnc2F)c1. The smallest absolute Gasteiger partial charge is 0.255 e. The molecule has 0 N–H and O–H groups in total. The zero-order chi connectivity index (χ0) is 11.4. The summed E-state index contributed by atoms with van der Waals surface area (Å²) in [5.74, 6) is -0.438. The van der Waals surface area contributed by atoms with Crippen LogP contribution in [-0.2, 0) is 6.61 Å². The van der Waals surface area contributed by atoms with Crippen LogP contribution in [0.4, 0.5) is 4.39 Å². The van der Waals surface area contributed by atoms with Gasteiger partial charge < -0.3 is 4.74 Å². The van der Waals surface area contributed by atoms with Crippen LogP contribution < -0.4 is 4.74 Å². The van der Waals surface area contributed by atoms with E-state index in [0.717, 1.165) is 11.1 Å². The maximum absolute atomic E-state index is 13.1. The summed E-state index contributed by atoms with van der Waals surface area (Å²) in [5, 5.41) is 0. The highest BCUT2D eigenvalue weighted by atomic mass is 19.1. The van der Waals surface area contributed by atoms with Crippen molar-refractivity contribution in [2.75, 3.05) is 0 Å². The van der Waals surface area contributed by atoms with E-state index in [2.05, 4.69) is 9.97 Å². The fraction of sp³-hybridized carbons (Fsp3) is 0.167. The summed E-state index contributed by atoms with van der Waals surface area (Å²) in [5.41, 5.74) is 1.95. The Labute approximate surface area is 92.9 Å². The average molecular weight is 218 g/mol. The van der Waals surface area contributed by atoms with Crippen molar-refractivity contribution in [3.8, 4) is 5.75 Å². The van der Waals surface area contributed by atoms with Gasteiger partial charge >= 0.3 is 0 Å². The number of pyridine rings is 2. The van der Waals surface area contributed by atoms with E-state index in [1.807, 2.05) is 13.0 Å². The van der Waals surface area contributed by atoms with Gasteiger partial charge in [-0.3, -0.25) is 4.98 Å². The van der Waals surface area contributed by atoms with Crippen molar-refractivity contribution < 1.29 is 9.13 Å². The Morgan fingerprint density at radius 3 is 3.00 bits per heavy atom. The number of halogens is 1. The second kappa shape index (κ2) is 4.70. The van der Waals surface area contributed by atoms with Crippen LogP contribution in [0.3, 0.4) is 0 Å². The maximum Gasteiger partial charge on any atom is 0.255 e. The monoisotopic (exact) mass is 218 g/mol. The largest absolute Gasteiger partial charge is 0.484 e. The van der Waals surface area contributed by atoms with Crippen LogP contribution in [-0.4, -0.2) is 9.97 Å². The zero-order valence-corrected chi connectivity index (χ0v) is 8.85. The van der Waals surface area contributed by atoms with Gasteiger partial charge in [0.2, 0.25) is 0 Å². The van der Waals surface area contributed by atoms with E-state index >= 15 is 0 Å². The Morgan fingerprint density at radius 2 is 2.25 bits per heavy atom. The molecule has 82 valence electrons. The summed E-state index contributed by atoms with van der Waals surface area (Å²) in [6, 6.07) is 5.12. The average Bonchev–Trinajstić information content (AvgIpc) is 2.28. The molecule has 0 amide bonds. The first kappa shape index (κ1) is 10.5. The first-order valence-corrected chi connectivity index (χ1v) is 4.89. The second-order valence-electron chi connectivity index (χ2n) is 3.45. The number of ether oxygens (including phenoxy) is 1. The molecule has 0 atom stereocenters. The first-order valence-electron chi connectivity index (χ1n) is 4.89. The molecule has 2 aromatic heterocycles. The van der Waals surface area contributed by atoms with Crippen molar-refractivity contribution in [1.29, 1.82) is 0 Å². The minimum absolute atomic E-state index is 0.156. The molecule has 0 aromatic carbocycles. The predicted octanol–water partition coefficient (Wildman–Crippen LogP) is 2.50. The van der Waals surface area contributed by atoms with E-state index in [1.54, 1.807) is 24.5 Å². The first-order chi connectivity index (χ1) is 7.75. The number of nitrogens with zero attached hydrogens (tertiary/aromatic N) is 2. The zero-order valence-electron chi connectivity index (χ0n) is 8.85. The molecular formula is C12H11FN2O. The Kier molecular flexibility index (Phi) is 3.10. The van der Waals surface area contributed by atoms with Crippen molar-refractivity contribution in [3.63, 3.8) is 0 Å². The van der Waals surface area contributed by atoms with E-state index in [1.165, 1.54) is 6.20 Å². The number of hydrogen-bond donors (Lipinski definition) is 0. The van der Waals surface area contributed by atoms with Crippen molar-refractivity contribution in [3.05, 3.63) is 53.9 Å². The summed E-state index contributed by atoms with van der Waals surface area (Å²) in [4.78, 5) is 7.53. The molecule has 16 heavy (non-hydrogen) atoms. The molecule has 0 radical (unpaired) electrons. The third kappa shape index (κ3) is 2.53. The molecule has 2 heterocycles. The third-order valence-electron chi connectivity index (χ3n) is 2.05. The summed E-state index contributed by atoms with van der Waals surface area (Å²) in [6.45, 7) is 2.23. The van der Waals surface area contributed by atoms with Crippen LogP contribution in [0.15, 0.2) is 36.8 Å². The number of aryl methyl sites for hydroxylation is 1. The lowest BCUT2D eigenvalue weighted by Crippen LogP contribution is -1.99. The normalized spacial score (nSPS) is 10.1. The number of hydrogen-bond acceptors (Lipinski definition) is 3. The van der Waals surface area contributed by atoms with Crippen LogP contribution in [0.1, 0.15) is 11.1 Å². The summed E-state index contributed by atoms with van der Waals surface area (Å²) >= 11 is 0. The summed E-state index contributed by atoms with van der Waals surface area (Å²) in [7, 11) is 0. The second-order valence-corrected chi connectivity index (χ2v) is 3.45. The van der Waals surface area contributed by atoms with Gasteiger partial charge in [-0.1, -0.05) is 0 Å². The summed E-state index contributed by atoms with van der Waals surface area (Å²) in [6.07, 6.45) is 4.84. The minimum Gasteiger partial charge on any atom is -0.484 e. The van der Waals surface area contributed by atoms with Crippen LogP contribution in [0.25, 0.3) is 0 Å². The van der Waals surface area contributed by atoms with Crippen LogP contribution in [0.2, 0.25) is 0 Å². The number of aromatic nitrogens is 2. The molecule has 0 saturated heterocycles. The van der Waals surface area contributed by atoms with Gasteiger partial charge in [0, 0.05) is 24.2 Å². The molecule has 0 spiro atoms. The molecule has 0 aliphatic rings. The summed E-state index contributed by atoms with van der Waals surface area (Å²) < 4.78 is 18.4. The van der Waals surface area contributed by atoms with Gasteiger partial charge in [0.15, 0.2) is 5.75 Å². The molecule has 3 nitrogen and oxygen atoms in total. The number of rotatable bonds is 3. The van der Waals surface area contributed by atoms with E-state index < -0.39 is 5.95 Å². The molecule has 0 aliphatic carbocycles. The fourth-order valence-corrected chi connectivity index (χ4v) is 1.34. The molecule has 0 saturated carbocycles. The Balaban J connectivity index is 2.05. The topological polar surface area (TPSA) is 35.0 Å². The van der Waals surface area contributed by atoms with E-state index in [9.17, 15) is 4.39 Å². The van der Waals surface area contributed by atoms with Crippen LogP contribution in [0, 0.1) is 12.9 Å². The highest BCUT2D eigenvalue weighted by molar-refractivity contribution is 5.20. The maximum atomic E-state index is 13.1. The lowest BCUT2D eigenvalue weighted by molar-refractivity contribution is 0.285. The lowest BCUT2D eigenvalue weighted by atomic mass is 10.2. The van der Waals surface area contributed by atoms with Gasteiger partial charge in [0.25, 0.3) is 5.95 Å². The van der Waals surface area contributed by atoms with Crippen molar-refractivity contribution in [2.45, 2.75) is 13.5 Å². The van der Waals surface area contributed by atoms with Crippen molar-refractivity contribution in [2.24, 2.45) is 0 Å². The van der Waals surface area contributed by atoms with Crippen LogP contribution in [0.5, 0.6) is 5.75 Å². The Hall–Kier alpha value is -1.97. The fourth-order valence-electron chi connectivity index (χ4n) is 1.34. The van der Waals surface area contributed by atoms with Gasteiger partial charge in [-0.05, 0) is 30.7 Å². The molecular weight excluding hydrogens is 207 g/mol. The van der Waals surface area contributed by atoms with Gasteiger partial charge in [0.05, 0.1) is 0 Å². The van der Waals surface area contributed by atoms with Gasteiger partial charge in [-0.2, -0.15) is 4.39 Å². The Morgan fingerprint density at radius 1 is 1.38 bits per heavy atom. The Bertz CT molecular complexity index is 488. The molecule has 0 fully saturated rings. The highest BCUT2D eigenvalue weighted by Gasteiger charge is 2.03. The molecule has 2 aromatic rings. The third-order valence-corrected chi connectivity index (χ3v) is 2.05. The van der Waals surface area contributed by atoms with Crippen LogP contribution >= 0.6 is 0 Å². The molecule has 4 heteroatoms. The standard InChI is InChI=1S/C12H11FN2O/c1-9-5-10(7-14-6-9)8-16-11-3-2-4-15-12(11)13/h2-7H,8H2,1H3. The lowest BCUT2D eigenvalue weighted by Gasteiger charge is -2.06. The highest BCUT2D eigenvalue weighted by Crippen LogP contribution is 2.14. The predicted molar refractivity (Wildman–Crippen MR) is 57.5 cm³/mol. The van der Waals surface area contributed by atoms with Gasteiger partial charge in [0.1, 0.15) is 6.61 Å². The van der Waals surface area contributed by atoms with Crippen molar-refractivity contribution in [1.82, 2.24) is 9.97 Å². The van der Waals surface area contributed by atoms with Crippen molar-refractivity contribution >= 4 is 0 Å². The molecule has 2 rings (SSSR count). The molecule has 0 unspecified atom stereocenters. The minimum atomic E-state index is -0.594. The van der Waals surface area contributed by atoms with E-state index in [-0.39, 0.29) is 12.4 Å². The molecule has 0 aliphatic heterocycles. The van der Waals surface area contributed by atoms with E-state index in [4.69, 9.17) is 4.74 Å². The van der Waals surface area contributed by atoms with Gasteiger partial charge in [-0.25, -0.2) is 4.98 Å².